The van der Waals surface area contributed by atoms with Crippen LogP contribution in [-0.4, -0.2) is 180 Å². The minimum absolute atomic E-state index is 0.00308. The highest BCUT2D eigenvalue weighted by Gasteiger charge is 2.69. The number of phenolic OH excluding ortho intramolecular Hbond substituents is 1. The molecule has 6 aliphatic heterocycles. The Bertz CT molecular complexity index is 2540. The molecule has 9 aliphatic rings. The van der Waals surface area contributed by atoms with Gasteiger partial charge in [0.15, 0.2) is 72.4 Å². The van der Waals surface area contributed by atoms with Gasteiger partial charge in [0.2, 0.25) is 17.5 Å². The molecule has 1 aromatic carbocycles. The van der Waals surface area contributed by atoms with E-state index in [1.807, 2.05) is 20.8 Å². The van der Waals surface area contributed by atoms with Gasteiger partial charge in [-0.2, -0.15) is 0 Å². The van der Waals surface area contributed by atoms with E-state index in [1.165, 1.54) is 13.2 Å². The summed E-state index contributed by atoms with van der Waals surface area (Å²) in [4.78, 5) is 85.8. The van der Waals surface area contributed by atoms with E-state index in [-0.39, 0.29) is 66.7 Å². The standard InChI is InChI=1S/C56H75NO22/c1-23-32(58)8-14-40(68-23)74-35-10-16-42(70-25(35)3)76-36-11-17-43(71-26(36)4)77-37-12-18-44(72-27(37)5)78-52-31-21-29-20-30-47(34(60)22-39(67-7)49(30)61)50(62)46(29)53(64)56(31,54(65)48(51(52)63)55(57)66)79-45-19-13-38(28(6)73-45)75-41-15-9-33(59)24(2)69-41/h20,22-28,31-33,35-38,40-45,48,52,58-59,62H,8-19,21H2,1-7H3,(H2,57,66). The molecule has 6 heterocycles. The van der Waals surface area contributed by atoms with E-state index in [4.69, 9.17) is 67.3 Å². The van der Waals surface area contributed by atoms with Gasteiger partial charge in [-0.1, -0.05) is 0 Å². The molecule has 0 radical (unpaired) electrons. The van der Waals surface area contributed by atoms with Crippen LogP contribution in [0.15, 0.2) is 17.9 Å². The molecule has 1 amide bonds. The average Bonchev–Trinajstić information content (AvgIpc) is 2.83. The summed E-state index contributed by atoms with van der Waals surface area (Å²) in [6, 6.07) is 1.25. The van der Waals surface area contributed by atoms with E-state index in [2.05, 4.69) is 0 Å². The normalized spacial score (nSPS) is 42.9. The number of hydrogen-bond donors (Lipinski definition) is 4. The average molecular weight is 1110 g/mol. The van der Waals surface area contributed by atoms with Gasteiger partial charge in [-0.15, -0.1) is 0 Å². The molecule has 3 aliphatic carbocycles. The van der Waals surface area contributed by atoms with Crippen molar-refractivity contribution in [3.8, 4) is 5.75 Å². The minimum atomic E-state index is -2.78. The number of aliphatic hydroxyl groups is 2. The SMILES string of the molecule is COC1=CC(=O)c2c(cc3c(c2O)C(=O)C2(OC4CCC(OC5CCC(O)C(C)O5)C(C)O4)C(=O)C(C(N)=O)C(=O)C(OC4CCC(OC5CCC(OC6CCC(OC7CCC(O)C(C)O7)C(C)O6)C(C)O5)C(C)O4)C2C3)C1=O. The number of carbonyl (C=O) groups is 6. The van der Waals surface area contributed by atoms with Crippen molar-refractivity contribution in [2.45, 2.75) is 248 Å². The molecule has 1 aromatic rings. The first kappa shape index (κ1) is 58.0. The summed E-state index contributed by atoms with van der Waals surface area (Å²) in [5.74, 6) is -11.6. The van der Waals surface area contributed by atoms with Gasteiger partial charge in [-0.3, -0.25) is 28.8 Å². The van der Waals surface area contributed by atoms with Crippen molar-refractivity contribution >= 4 is 34.8 Å². The van der Waals surface area contributed by atoms with Crippen LogP contribution in [0.25, 0.3) is 0 Å². The molecule has 22 atom stereocenters. The van der Waals surface area contributed by atoms with Crippen molar-refractivity contribution in [1.29, 1.82) is 0 Å². The van der Waals surface area contributed by atoms with Crippen LogP contribution in [0.3, 0.4) is 0 Å². The van der Waals surface area contributed by atoms with Crippen LogP contribution in [0, 0.1) is 11.8 Å². The number of amides is 1. The fourth-order valence-corrected chi connectivity index (χ4v) is 12.8. The molecule has 79 heavy (non-hydrogen) atoms. The minimum Gasteiger partial charge on any atom is -0.506 e. The van der Waals surface area contributed by atoms with Crippen LogP contribution in [0.5, 0.6) is 5.75 Å². The Morgan fingerprint density at radius 2 is 1.00 bits per heavy atom. The second kappa shape index (κ2) is 23.6. The predicted octanol–water partition coefficient (Wildman–Crippen LogP) is 3.46. The van der Waals surface area contributed by atoms with Gasteiger partial charge >= 0.3 is 0 Å². The lowest BCUT2D eigenvalue weighted by Gasteiger charge is -2.51. The summed E-state index contributed by atoms with van der Waals surface area (Å²) in [6.45, 7) is 10.9. The number of hydrogen-bond acceptors (Lipinski definition) is 22. The first-order chi connectivity index (χ1) is 37.6. The summed E-state index contributed by atoms with van der Waals surface area (Å²) < 4.78 is 80.7. The molecule has 6 saturated heterocycles. The van der Waals surface area contributed by atoms with Crippen molar-refractivity contribution in [1.82, 2.24) is 0 Å². The van der Waals surface area contributed by atoms with Crippen molar-refractivity contribution in [2.24, 2.45) is 17.6 Å². The van der Waals surface area contributed by atoms with E-state index in [1.54, 1.807) is 20.8 Å². The fourth-order valence-electron chi connectivity index (χ4n) is 12.8. The predicted molar refractivity (Wildman–Crippen MR) is 268 cm³/mol. The number of nitrogens with two attached hydrogens (primary N) is 1. The largest absolute Gasteiger partial charge is 0.506 e. The number of aliphatic hydroxyl groups excluding tert-OH is 2. The van der Waals surface area contributed by atoms with Crippen LogP contribution < -0.4 is 5.73 Å². The Labute approximate surface area is 457 Å². The molecule has 0 aromatic heterocycles. The maximum atomic E-state index is 15.5. The molecule has 436 valence electrons. The van der Waals surface area contributed by atoms with Crippen LogP contribution in [0.2, 0.25) is 0 Å². The zero-order valence-electron chi connectivity index (χ0n) is 45.6. The highest BCUT2D eigenvalue weighted by Crippen LogP contribution is 2.51. The number of fused-ring (bicyclic) bond motifs is 3. The molecular formula is C56H75NO22. The van der Waals surface area contributed by atoms with Crippen molar-refractivity contribution in [3.63, 3.8) is 0 Å². The first-order valence-corrected chi connectivity index (χ1v) is 28.0. The van der Waals surface area contributed by atoms with E-state index in [0.717, 1.165) is 6.08 Å². The molecule has 7 fully saturated rings. The number of methoxy groups -OCH3 is 1. The Hall–Kier alpha value is -4.18. The lowest BCUT2D eigenvalue weighted by atomic mass is 9.58. The van der Waals surface area contributed by atoms with Gasteiger partial charge < -0.3 is 82.6 Å². The summed E-state index contributed by atoms with van der Waals surface area (Å²) in [7, 11) is 1.20. The third-order valence-corrected chi connectivity index (χ3v) is 17.4. The van der Waals surface area contributed by atoms with Crippen LogP contribution in [-0.2, 0) is 82.4 Å². The van der Waals surface area contributed by atoms with Gasteiger partial charge in [0.1, 0.15) is 11.9 Å². The molecule has 5 N–H and O–H groups in total. The van der Waals surface area contributed by atoms with Gasteiger partial charge in [0, 0.05) is 56.1 Å². The molecule has 23 heteroatoms. The molecule has 0 bridgehead atoms. The number of benzene rings is 1. The number of ether oxygens (including phenoxy) is 13. The van der Waals surface area contributed by atoms with E-state index in [0.29, 0.717) is 57.8 Å². The Kier molecular flexibility index (Phi) is 17.3. The van der Waals surface area contributed by atoms with Crippen molar-refractivity contribution < 1.29 is 106 Å². The molecule has 23 nitrogen and oxygen atoms in total. The number of allylic oxidation sites excluding steroid dienone is 2. The number of phenols is 1. The lowest BCUT2D eigenvalue weighted by Crippen LogP contribution is -2.72. The fraction of sp³-hybridized carbons (Fsp3) is 0.750. The number of aromatic hydroxyl groups is 1. The zero-order chi connectivity index (χ0) is 56.4. The van der Waals surface area contributed by atoms with Gasteiger partial charge in [0.25, 0.3) is 0 Å². The van der Waals surface area contributed by atoms with E-state index in [9.17, 15) is 34.5 Å². The molecule has 10 rings (SSSR count). The Morgan fingerprint density at radius 3 is 1.43 bits per heavy atom. The maximum absolute atomic E-state index is 15.5. The van der Waals surface area contributed by atoms with Crippen LogP contribution in [0.1, 0.15) is 155 Å². The van der Waals surface area contributed by atoms with E-state index >= 15 is 9.59 Å². The highest BCUT2D eigenvalue weighted by molar-refractivity contribution is 6.34. The number of rotatable bonds is 14. The van der Waals surface area contributed by atoms with Gasteiger partial charge in [-0.25, -0.2) is 0 Å². The summed E-state index contributed by atoms with van der Waals surface area (Å²) in [5, 5.41) is 32.1. The monoisotopic (exact) mass is 1110 g/mol. The Morgan fingerprint density at radius 1 is 0.582 bits per heavy atom. The second-order valence-corrected chi connectivity index (χ2v) is 22.7. The number of ketones is 5. The third-order valence-electron chi connectivity index (χ3n) is 17.4. The van der Waals surface area contributed by atoms with E-state index < -0.39 is 162 Å². The lowest BCUT2D eigenvalue weighted by molar-refractivity contribution is -0.316. The first-order valence-electron chi connectivity index (χ1n) is 28.0. The third kappa shape index (κ3) is 11.4. The quantitative estimate of drug-likeness (QED) is 0.194. The van der Waals surface area contributed by atoms with Gasteiger partial charge in [-0.05, 0) is 98.1 Å². The number of Topliss-reactive ketones (excluding diaryl/α,β-unsaturated/α-hetero) is 4. The molecule has 22 unspecified atom stereocenters. The zero-order valence-corrected chi connectivity index (χ0v) is 45.6. The molecule has 1 saturated carbocycles. The topological polar surface area (TPSA) is 309 Å². The van der Waals surface area contributed by atoms with Crippen molar-refractivity contribution in [2.75, 3.05) is 7.11 Å². The van der Waals surface area contributed by atoms with Crippen molar-refractivity contribution in [3.05, 3.63) is 40.2 Å². The highest BCUT2D eigenvalue weighted by atomic mass is 16.8. The van der Waals surface area contributed by atoms with Crippen LogP contribution >= 0.6 is 0 Å². The maximum Gasteiger partial charge on any atom is 0.235 e. The molecular weight excluding hydrogens is 1040 g/mol. The Balaban J connectivity index is 0.829. The number of primary amides is 1. The van der Waals surface area contributed by atoms with Gasteiger partial charge in [0.05, 0.1) is 91.5 Å². The summed E-state index contributed by atoms with van der Waals surface area (Å²) in [6.07, 6.45) is -5.92. The molecule has 0 spiro atoms. The number of carbonyl (C=O) groups excluding carboxylic acids is 6. The van der Waals surface area contributed by atoms with Crippen LogP contribution in [0.4, 0.5) is 0 Å². The summed E-state index contributed by atoms with van der Waals surface area (Å²) in [5.41, 5.74) is 1.77. The summed E-state index contributed by atoms with van der Waals surface area (Å²) >= 11 is 0. The smallest absolute Gasteiger partial charge is 0.235 e. The second-order valence-electron chi connectivity index (χ2n) is 22.7.